The number of aryl methyl sites for hydroxylation is 2. The van der Waals surface area contributed by atoms with Crippen LogP contribution in [0.1, 0.15) is 36.9 Å². The number of hydrogen-bond acceptors (Lipinski definition) is 5. The molecule has 1 atom stereocenters. The second-order valence-electron chi connectivity index (χ2n) is 8.20. The number of benzene rings is 1. The van der Waals surface area contributed by atoms with Gasteiger partial charge in [0.05, 0.1) is 23.3 Å². The Labute approximate surface area is 170 Å². The van der Waals surface area contributed by atoms with Gasteiger partial charge in [-0.2, -0.15) is 5.10 Å². The molecule has 152 valence electrons. The van der Waals surface area contributed by atoms with Crippen LogP contribution in [0.3, 0.4) is 0 Å². The standard InChI is InChI=1S/C22H28N6O/c29-21-14-16-6-5-10-18(16)26-28(21)13-12-27-11-4-3-7-17(27)15-23-22-24-19-8-1-2-9-20(19)25-22/h1-2,8-9,14,17H,3-7,10-13,15H2,(H2,23,24,25). The molecule has 1 aliphatic carbocycles. The average molecular weight is 393 g/mol. The average Bonchev–Trinajstić information content (AvgIpc) is 3.37. The molecule has 2 aromatic heterocycles. The van der Waals surface area contributed by atoms with Gasteiger partial charge >= 0.3 is 0 Å². The Morgan fingerprint density at radius 1 is 1.14 bits per heavy atom. The van der Waals surface area contributed by atoms with Gasteiger partial charge in [-0.25, -0.2) is 9.67 Å². The zero-order valence-electron chi connectivity index (χ0n) is 16.7. The quantitative estimate of drug-likeness (QED) is 0.674. The summed E-state index contributed by atoms with van der Waals surface area (Å²) >= 11 is 0. The number of hydrogen-bond donors (Lipinski definition) is 2. The molecule has 5 rings (SSSR count). The maximum atomic E-state index is 12.4. The number of piperidine rings is 1. The van der Waals surface area contributed by atoms with Crippen LogP contribution in [0.5, 0.6) is 0 Å². The minimum atomic E-state index is 0.0413. The zero-order valence-corrected chi connectivity index (χ0v) is 16.7. The van der Waals surface area contributed by atoms with Crippen LogP contribution in [-0.4, -0.2) is 50.3 Å². The highest BCUT2D eigenvalue weighted by Crippen LogP contribution is 2.19. The van der Waals surface area contributed by atoms with Crippen LogP contribution < -0.4 is 10.9 Å². The van der Waals surface area contributed by atoms with Crippen LogP contribution in [0.2, 0.25) is 0 Å². The van der Waals surface area contributed by atoms with Crippen molar-refractivity contribution in [1.82, 2.24) is 24.6 Å². The van der Waals surface area contributed by atoms with E-state index in [1.54, 1.807) is 10.7 Å². The molecule has 1 aliphatic heterocycles. The van der Waals surface area contributed by atoms with Gasteiger partial charge in [0, 0.05) is 25.2 Å². The number of para-hydroxylation sites is 2. The lowest BCUT2D eigenvalue weighted by atomic mass is 10.0. The van der Waals surface area contributed by atoms with Gasteiger partial charge < -0.3 is 10.3 Å². The maximum Gasteiger partial charge on any atom is 0.267 e. The van der Waals surface area contributed by atoms with Gasteiger partial charge in [0.15, 0.2) is 0 Å². The predicted octanol–water partition coefficient (Wildman–Crippen LogP) is 2.57. The van der Waals surface area contributed by atoms with E-state index in [2.05, 4.69) is 25.3 Å². The first-order valence-electron chi connectivity index (χ1n) is 10.8. The van der Waals surface area contributed by atoms with E-state index in [1.807, 2.05) is 24.3 Å². The van der Waals surface area contributed by atoms with E-state index in [4.69, 9.17) is 0 Å². The minimum Gasteiger partial charge on any atom is -0.354 e. The van der Waals surface area contributed by atoms with Crippen molar-refractivity contribution in [2.24, 2.45) is 0 Å². The van der Waals surface area contributed by atoms with E-state index in [9.17, 15) is 4.79 Å². The Kier molecular flexibility index (Phi) is 5.06. The van der Waals surface area contributed by atoms with E-state index in [-0.39, 0.29) is 5.56 Å². The number of nitrogens with one attached hydrogen (secondary N) is 2. The fraction of sp³-hybridized carbons (Fsp3) is 0.500. The zero-order chi connectivity index (χ0) is 19.6. The number of aromatic amines is 1. The maximum absolute atomic E-state index is 12.4. The number of fused-ring (bicyclic) bond motifs is 2. The summed E-state index contributed by atoms with van der Waals surface area (Å²) in [5.74, 6) is 0.827. The Morgan fingerprint density at radius 2 is 2.07 bits per heavy atom. The van der Waals surface area contributed by atoms with Gasteiger partial charge in [-0.3, -0.25) is 9.69 Å². The van der Waals surface area contributed by atoms with Crippen LogP contribution in [0.4, 0.5) is 5.95 Å². The molecule has 7 heteroatoms. The molecule has 1 aromatic carbocycles. The molecule has 2 aliphatic rings. The highest BCUT2D eigenvalue weighted by atomic mass is 16.1. The molecule has 1 saturated heterocycles. The Hall–Kier alpha value is -2.67. The van der Waals surface area contributed by atoms with Crippen LogP contribution in [-0.2, 0) is 19.4 Å². The second kappa shape index (κ2) is 7.99. The Balaban J connectivity index is 1.22. The number of imidazole rings is 1. The van der Waals surface area contributed by atoms with Crippen molar-refractivity contribution in [3.8, 4) is 0 Å². The summed E-state index contributed by atoms with van der Waals surface area (Å²) < 4.78 is 1.67. The summed E-state index contributed by atoms with van der Waals surface area (Å²) in [7, 11) is 0. The fourth-order valence-electron chi connectivity index (χ4n) is 4.66. The van der Waals surface area contributed by atoms with Gasteiger partial charge in [0.2, 0.25) is 5.95 Å². The van der Waals surface area contributed by atoms with E-state index in [0.717, 1.165) is 67.1 Å². The summed E-state index contributed by atoms with van der Waals surface area (Å²) in [5.41, 5.74) is 4.35. The number of nitrogens with zero attached hydrogens (tertiary/aromatic N) is 4. The molecule has 0 amide bonds. The number of anilines is 1. The van der Waals surface area contributed by atoms with Crippen molar-refractivity contribution in [2.45, 2.75) is 51.1 Å². The number of likely N-dealkylation sites (tertiary alicyclic amines) is 1. The largest absolute Gasteiger partial charge is 0.354 e. The van der Waals surface area contributed by atoms with E-state index >= 15 is 0 Å². The van der Waals surface area contributed by atoms with Gasteiger partial charge in [-0.15, -0.1) is 0 Å². The molecule has 3 heterocycles. The number of rotatable bonds is 6. The highest BCUT2D eigenvalue weighted by Gasteiger charge is 2.23. The smallest absolute Gasteiger partial charge is 0.267 e. The first kappa shape index (κ1) is 18.4. The Bertz CT molecular complexity index is 1020. The topological polar surface area (TPSA) is 78.8 Å². The molecule has 7 nitrogen and oxygen atoms in total. The first-order valence-corrected chi connectivity index (χ1v) is 10.8. The normalized spacial score (nSPS) is 19.5. The summed E-state index contributed by atoms with van der Waals surface area (Å²) in [6.45, 7) is 3.45. The molecule has 29 heavy (non-hydrogen) atoms. The lowest BCUT2D eigenvalue weighted by Crippen LogP contribution is -2.45. The molecule has 0 bridgehead atoms. The molecule has 1 fully saturated rings. The van der Waals surface area contributed by atoms with Gasteiger partial charge in [0.25, 0.3) is 5.56 Å². The van der Waals surface area contributed by atoms with Crippen molar-refractivity contribution >= 4 is 17.0 Å². The number of aromatic nitrogens is 4. The summed E-state index contributed by atoms with van der Waals surface area (Å²) in [6.07, 6.45) is 6.75. The first-order chi connectivity index (χ1) is 14.3. The van der Waals surface area contributed by atoms with E-state index in [0.29, 0.717) is 12.6 Å². The van der Waals surface area contributed by atoms with Crippen LogP contribution in [0.15, 0.2) is 35.1 Å². The molecule has 3 aromatic rings. The third-order valence-electron chi connectivity index (χ3n) is 6.27. The lowest BCUT2D eigenvalue weighted by molar-refractivity contribution is 0.147. The van der Waals surface area contributed by atoms with E-state index in [1.165, 1.54) is 19.3 Å². The van der Waals surface area contributed by atoms with Crippen molar-refractivity contribution in [3.05, 3.63) is 51.9 Å². The van der Waals surface area contributed by atoms with Crippen LogP contribution in [0.25, 0.3) is 11.0 Å². The minimum absolute atomic E-state index is 0.0413. The van der Waals surface area contributed by atoms with Gasteiger partial charge in [-0.1, -0.05) is 18.6 Å². The third-order valence-corrected chi connectivity index (χ3v) is 6.27. The van der Waals surface area contributed by atoms with Crippen molar-refractivity contribution in [2.75, 3.05) is 25.0 Å². The van der Waals surface area contributed by atoms with Crippen molar-refractivity contribution in [1.29, 1.82) is 0 Å². The molecule has 1 unspecified atom stereocenters. The van der Waals surface area contributed by atoms with Crippen LogP contribution >= 0.6 is 0 Å². The molecular formula is C22H28N6O. The molecule has 0 radical (unpaired) electrons. The van der Waals surface area contributed by atoms with E-state index < -0.39 is 0 Å². The molecule has 0 saturated carbocycles. The summed E-state index contributed by atoms with van der Waals surface area (Å²) in [6, 6.07) is 10.3. The fourth-order valence-corrected chi connectivity index (χ4v) is 4.66. The van der Waals surface area contributed by atoms with Crippen LogP contribution in [0, 0.1) is 0 Å². The summed E-state index contributed by atoms with van der Waals surface area (Å²) in [4.78, 5) is 22.8. The lowest BCUT2D eigenvalue weighted by Gasteiger charge is -2.35. The van der Waals surface area contributed by atoms with Crippen molar-refractivity contribution < 1.29 is 0 Å². The molecular weight excluding hydrogens is 364 g/mol. The molecule has 0 spiro atoms. The predicted molar refractivity (Wildman–Crippen MR) is 114 cm³/mol. The SMILES string of the molecule is O=c1cc2c(nn1CCN1CCCCC1CNc1nc3ccccc3[nH]1)CCC2. The van der Waals surface area contributed by atoms with Gasteiger partial charge in [-0.05, 0) is 56.3 Å². The highest BCUT2D eigenvalue weighted by molar-refractivity contribution is 5.77. The van der Waals surface area contributed by atoms with Crippen molar-refractivity contribution in [3.63, 3.8) is 0 Å². The number of H-pyrrole nitrogens is 1. The second-order valence-corrected chi connectivity index (χ2v) is 8.20. The van der Waals surface area contributed by atoms with Gasteiger partial charge in [0.1, 0.15) is 0 Å². The third kappa shape index (κ3) is 3.92. The molecule has 2 N–H and O–H groups in total. The monoisotopic (exact) mass is 392 g/mol. The summed E-state index contributed by atoms with van der Waals surface area (Å²) in [5, 5.41) is 8.11. The Morgan fingerprint density at radius 3 is 3.00 bits per heavy atom.